The lowest BCUT2D eigenvalue weighted by Gasteiger charge is -1.99. The molecule has 0 aliphatic rings. The highest BCUT2D eigenvalue weighted by Crippen LogP contribution is 2.21. The number of hydrogen-bond acceptors (Lipinski definition) is 6. The Bertz CT molecular complexity index is 685. The Balaban J connectivity index is 2.52. The number of nitrogens with one attached hydrogen (secondary N) is 1. The molecule has 0 atom stereocenters. The molecule has 0 radical (unpaired) electrons. The fraction of sp³-hybridized carbons (Fsp3) is 0. The summed E-state index contributed by atoms with van der Waals surface area (Å²) in [5.41, 5.74) is 0.621. The molecule has 4 N–H and O–H groups in total. The van der Waals surface area contributed by atoms with Gasteiger partial charge in [0.1, 0.15) is 5.75 Å². The summed E-state index contributed by atoms with van der Waals surface area (Å²) in [5, 5.41) is 3.47. The third kappa shape index (κ3) is 2.32. The molecule has 1 aromatic carbocycles. The minimum absolute atomic E-state index is 0.00706. The molecule has 9 heteroatoms. The number of nitrogens with two attached hydrogens (primary N) is 1. The highest BCUT2D eigenvalue weighted by molar-refractivity contribution is 7.81. The average molecular weight is 261 g/mol. The van der Waals surface area contributed by atoms with Gasteiger partial charge in [-0.1, -0.05) is 11.3 Å². The zero-order valence-electron chi connectivity index (χ0n) is 7.75. The van der Waals surface area contributed by atoms with Crippen LogP contribution in [-0.4, -0.2) is 18.0 Å². The van der Waals surface area contributed by atoms with Gasteiger partial charge in [-0.25, -0.2) is 0 Å². The average Bonchev–Trinajstić information content (AvgIpc) is 2.57. The first-order chi connectivity index (χ1) is 7.48. The quantitative estimate of drug-likeness (QED) is 0.405. The SMILES string of the molecule is NN=c1[nH]c2cc(OS(=O)(=O)O)ccc2s1. The Morgan fingerprint density at radius 2 is 2.25 bits per heavy atom. The standard InChI is InChI=1S/C7H7N3O4S2/c8-10-7-9-5-3-4(14-16(11,12)13)1-2-6(5)15-7/h1-3H,8H2,(H,9,10)(H,11,12,13). The highest BCUT2D eigenvalue weighted by atomic mass is 32.3. The number of rotatable bonds is 2. The largest absolute Gasteiger partial charge is 0.446 e. The summed E-state index contributed by atoms with van der Waals surface area (Å²) in [4.78, 5) is 3.34. The highest BCUT2D eigenvalue weighted by Gasteiger charge is 2.08. The summed E-state index contributed by atoms with van der Waals surface area (Å²) in [6.07, 6.45) is 0. The number of aromatic amines is 1. The van der Waals surface area contributed by atoms with Crippen LogP contribution in [0.5, 0.6) is 5.75 Å². The molecule has 1 aromatic heterocycles. The van der Waals surface area contributed by atoms with Gasteiger partial charge in [-0.15, -0.1) is 0 Å². The van der Waals surface area contributed by atoms with E-state index < -0.39 is 10.4 Å². The summed E-state index contributed by atoms with van der Waals surface area (Å²) in [5.74, 6) is 5.10. The molecule has 86 valence electrons. The van der Waals surface area contributed by atoms with Crippen LogP contribution in [0, 0.1) is 0 Å². The molecule has 0 unspecified atom stereocenters. The molecule has 0 fully saturated rings. The first kappa shape index (κ1) is 10.9. The van der Waals surface area contributed by atoms with Gasteiger partial charge in [-0.2, -0.15) is 13.5 Å². The van der Waals surface area contributed by atoms with Gasteiger partial charge in [0.2, 0.25) is 4.80 Å². The molecule has 0 aliphatic heterocycles. The Morgan fingerprint density at radius 1 is 1.50 bits per heavy atom. The summed E-state index contributed by atoms with van der Waals surface area (Å²) in [7, 11) is -4.50. The van der Waals surface area contributed by atoms with Crippen LogP contribution in [0.15, 0.2) is 23.3 Å². The fourth-order valence-corrected chi connectivity index (χ4v) is 2.30. The fourth-order valence-electron chi connectivity index (χ4n) is 1.17. The van der Waals surface area contributed by atoms with Crippen molar-refractivity contribution >= 4 is 32.0 Å². The van der Waals surface area contributed by atoms with Crippen LogP contribution in [0.2, 0.25) is 0 Å². The molecule has 0 bridgehead atoms. The van der Waals surface area contributed by atoms with Gasteiger partial charge in [-0.3, -0.25) is 4.55 Å². The molecule has 0 aliphatic carbocycles. The van der Waals surface area contributed by atoms with Gasteiger partial charge in [0.25, 0.3) is 0 Å². The topological polar surface area (TPSA) is 118 Å². The van der Waals surface area contributed by atoms with Crippen LogP contribution in [0.3, 0.4) is 0 Å². The number of nitrogens with zero attached hydrogens (tertiary/aromatic N) is 1. The van der Waals surface area contributed by atoms with Crippen LogP contribution < -0.4 is 14.8 Å². The van der Waals surface area contributed by atoms with Gasteiger partial charge in [0.15, 0.2) is 0 Å². The second-order valence-corrected chi connectivity index (χ2v) is 4.88. The predicted octanol–water partition coefficient (Wildman–Crippen LogP) is 0.185. The molecule has 1 heterocycles. The van der Waals surface area contributed by atoms with E-state index in [9.17, 15) is 8.42 Å². The maximum Gasteiger partial charge on any atom is 0.446 e. The Hall–Kier alpha value is -1.58. The number of thiazole rings is 1. The summed E-state index contributed by atoms with van der Waals surface area (Å²) >= 11 is 1.31. The maximum atomic E-state index is 10.5. The van der Waals surface area contributed by atoms with Crippen molar-refractivity contribution in [2.75, 3.05) is 0 Å². The van der Waals surface area contributed by atoms with Crippen molar-refractivity contribution in [3.63, 3.8) is 0 Å². The van der Waals surface area contributed by atoms with E-state index in [1.165, 1.54) is 23.5 Å². The van der Waals surface area contributed by atoms with Crippen molar-refractivity contribution in [3.05, 3.63) is 23.0 Å². The number of aromatic nitrogens is 1. The third-order valence-electron chi connectivity index (χ3n) is 1.72. The second-order valence-electron chi connectivity index (χ2n) is 2.83. The predicted molar refractivity (Wildman–Crippen MR) is 58.1 cm³/mol. The van der Waals surface area contributed by atoms with E-state index in [-0.39, 0.29) is 5.75 Å². The number of H-pyrrole nitrogens is 1. The van der Waals surface area contributed by atoms with Crippen molar-refractivity contribution in [3.8, 4) is 5.75 Å². The van der Waals surface area contributed by atoms with Gasteiger partial charge in [0.05, 0.1) is 10.2 Å². The Kier molecular flexibility index (Phi) is 2.58. The molecule has 2 aromatic rings. The number of hydrogen-bond donors (Lipinski definition) is 3. The molecule has 0 saturated carbocycles. The van der Waals surface area contributed by atoms with Crippen molar-refractivity contribution < 1.29 is 17.2 Å². The maximum absolute atomic E-state index is 10.5. The third-order valence-corrected chi connectivity index (χ3v) is 3.10. The smallest absolute Gasteiger partial charge is 0.362 e. The lowest BCUT2D eigenvalue weighted by molar-refractivity contribution is 0.387. The zero-order valence-corrected chi connectivity index (χ0v) is 9.38. The molecular formula is C7H7N3O4S2. The molecule has 0 spiro atoms. The van der Waals surface area contributed by atoms with E-state index in [0.717, 1.165) is 4.70 Å². The van der Waals surface area contributed by atoms with Crippen molar-refractivity contribution in [1.82, 2.24) is 4.98 Å². The van der Waals surface area contributed by atoms with Crippen LogP contribution in [0.4, 0.5) is 0 Å². The zero-order chi connectivity index (χ0) is 11.8. The van der Waals surface area contributed by atoms with E-state index in [0.29, 0.717) is 10.3 Å². The van der Waals surface area contributed by atoms with Crippen molar-refractivity contribution in [1.29, 1.82) is 0 Å². The Labute approximate surface area is 94.1 Å². The molecular weight excluding hydrogens is 254 g/mol. The van der Waals surface area contributed by atoms with Gasteiger partial charge in [0, 0.05) is 6.07 Å². The minimum Gasteiger partial charge on any atom is -0.362 e. The molecule has 0 saturated heterocycles. The van der Waals surface area contributed by atoms with E-state index >= 15 is 0 Å². The lowest BCUT2D eigenvalue weighted by Crippen LogP contribution is -2.06. The monoisotopic (exact) mass is 261 g/mol. The van der Waals surface area contributed by atoms with E-state index in [4.69, 9.17) is 10.4 Å². The lowest BCUT2D eigenvalue weighted by atomic mass is 10.3. The van der Waals surface area contributed by atoms with E-state index in [1.807, 2.05) is 0 Å². The van der Waals surface area contributed by atoms with Crippen LogP contribution in [0.25, 0.3) is 10.2 Å². The van der Waals surface area contributed by atoms with Crippen molar-refractivity contribution in [2.24, 2.45) is 10.9 Å². The molecule has 2 rings (SSSR count). The number of benzene rings is 1. The van der Waals surface area contributed by atoms with Crippen LogP contribution >= 0.6 is 11.3 Å². The first-order valence-corrected chi connectivity index (χ1v) is 6.20. The second kappa shape index (κ2) is 3.77. The summed E-state index contributed by atoms with van der Waals surface area (Å²) in [6, 6.07) is 4.47. The normalized spacial score (nSPS) is 13.2. The van der Waals surface area contributed by atoms with E-state index in [2.05, 4.69) is 14.3 Å². The van der Waals surface area contributed by atoms with Crippen LogP contribution in [-0.2, 0) is 10.4 Å². The van der Waals surface area contributed by atoms with E-state index in [1.54, 1.807) is 6.07 Å². The summed E-state index contributed by atoms with van der Waals surface area (Å²) < 4.78 is 34.6. The van der Waals surface area contributed by atoms with Crippen LogP contribution in [0.1, 0.15) is 0 Å². The molecule has 7 nitrogen and oxygen atoms in total. The first-order valence-electron chi connectivity index (χ1n) is 4.01. The van der Waals surface area contributed by atoms with Gasteiger partial charge < -0.3 is 15.0 Å². The van der Waals surface area contributed by atoms with Gasteiger partial charge in [-0.05, 0) is 12.1 Å². The minimum atomic E-state index is -4.50. The number of fused-ring (bicyclic) bond motifs is 1. The summed E-state index contributed by atoms with van der Waals surface area (Å²) in [6.45, 7) is 0. The molecule has 16 heavy (non-hydrogen) atoms. The Morgan fingerprint density at radius 3 is 2.88 bits per heavy atom. The van der Waals surface area contributed by atoms with Crippen molar-refractivity contribution in [2.45, 2.75) is 0 Å². The van der Waals surface area contributed by atoms with Gasteiger partial charge >= 0.3 is 10.4 Å². The molecule has 0 amide bonds.